The second-order valence-corrected chi connectivity index (χ2v) is 11.7. The van der Waals surface area contributed by atoms with Crippen molar-refractivity contribution in [3.05, 3.63) is 63.8 Å². The molecule has 15 heteroatoms. The maximum atomic E-state index is 13.6. The summed E-state index contributed by atoms with van der Waals surface area (Å²) in [5, 5.41) is 8.69. The molecule has 1 aliphatic rings. The van der Waals surface area contributed by atoms with Crippen LogP contribution in [0.5, 0.6) is 23.0 Å². The summed E-state index contributed by atoms with van der Waals surface area (Å²) in [6.07, 6.45) is -3.83. The summed E-state index contributed by atoms with van der Waals surface area (Å²) in [6, 6.07) is 8.80. The Morgan fingerprint density at radius 3 is 2.43 bits per heavy atom. The summed E-state index contributed by atoms with van der Waals surface area (Å²) in [6.45, 7) is 2.95. The van der Waals surface area contributed by atoms with E-state index in [1.165, 1.54) is 46.5 Å². The molecule has 5 rings (SSSR count). The Morgan fingerprint density at radius 2 is 1.77 bits per heavy atom. The van der Waals surface area contributed by atoms with Crippen molar-refractivity contribution < 1.29 is 41.7 Å². The second-order valence-electron chi connectivity index (χ2n) is 10.6. The molecule has 2 atom stereocenters. The standard InChI is InChI=1S/C32H31F3N4O7S/c1-15(30(42)39-31-38-23-10-7-18(13-26(23)47-31)46-32(33,34)35)36-22-11-8-19-20(14-24(22)41)21(37-16(2)40)9-6-17-12-25(43-3)28(44-4)29(45-5)27(17)19/h7-8,10-15,21H,6,9H2,1-5H3,(H,36,41)(H,37,40)(H,38,39,42)/t15-,21-/m0/s1. The van der Waals surface area contributed by atoms with Crippen LogP contribution in [-0.4, -0.2) is 50.5 Å². The molecule has 1 heterocycles. The van der Waals surface area contributed by atoms with Crippen molar-refractivity contribution in [2.24, 2.45) is 0 Å². The summed E-state index contributed by atoms with van der Waals surface area (Å²) in [4.78, 5) is 43.2. The lowest BCUT2D eigenvalue weighted by molar-refractivity contribution is -0.274. The zero-order valence-electron chi connectivity index (χ0n) is 26.0. The molecule has 4 aromatic rings. The molecule has 0 bridgehead atoms. The summed E-state index contributed by atoms with van der Waals surface area (Å²) < 4.78 is 59.2. The smallest absolute Gasteiger partial charge is 0.493 e. The van der Waals surface area contributed by atoms with Crippen molar-refractivity contribution in [2.45, 2.75) is 45.1 Å². The highest BCUT2D eigenvalue weighted by Crippen LogP contribution is 2.50. The molecule has 11 nitrogen and oxygen atoms in total. The SMILES string of the molecule is COc1cc2c(c(OC)c1OC)-c1ccc(N[C@@H](C)C(=O)Nc3nc4ccc(OC(F)(F)F)cc4s3)c(=O)cc1[C@@H](NC(C)=O)CC2. The molecule has 2 amide bonds. The number of thiazole rings is 1. The Bertz CT molecular complexity index is 1910. The van der Waals surface area contributed by atoms with Gasteiger partial charge in [-0.1, -0.05) is 17.4 Å². The minimum atomic E-state index is -4.84. The number of carbonyl (C=O) groups excluding carboxylic acids is 2. The number of halogens is 3. The molecule has 0 saturated carbocycles. The number of nitrogens with one attached hydrogen (secondary N) is 3. The summed E-state index contributed by atoms with van der Waals surface area (Å²) in [5.41, 5.74) is 2.78. The minimum Gasteiger partial charge on any atom is -0.493 e. The number of ether oxygens (including phenoxy) is 4. The number of methoxy groups -OCH3 is 3. The fourth-order valence-electron chi connectivity index (χ4n) is 5.49. The number of carbonyl (C=O) groups is 2. The van der Waals surface area contributed by atoms with E-state index in [1.807, 2.05) is 6.07 Å². The van der Waals surface area contributed by atoms with E-state index in [0.717, 1.165) is 23.0 Å². The van der Waals surface area contributed by atoms with Crippen LogP contribution in [0.4, 0.5) is 24.0 Å². The quantitative estimate of drug-likeness (QED) is 0.201. The summed E-state index contributed by atoms with van der Waals surface area (Å²) >= 11 is 0.972. The van der Waals surface area contributed by atoms with Crippen LogP contribution >= 0.6 is 11.3 Å². The lowest BCUT2D eigenvalue weighted by Gasteiger charge is -2.19. The number of anilines is 2. The predicted molar refractivity (Wildman–Crippen MR) is 171 cm³/mol. The van der Waals surface area contributed by atoms with Gasteiger partial charge in [0.1, 0.15) is 11.8 Å². The van der Waals surface area contributed by atoms with E-state index in [0.29, 0.717) is 57.0 Å². The van der Waals surface area contributed by atoms with Crippen LogP contribution in [0.3, 0.4) is 0 Å². The number of fused-ring (bicyclic) bond motifs is 4. The van der Waals surface area contributed by atoms with Gasteiger partial charge < -0.3 is 34.9 Å². The number of amides is 2. The maximum absolute atomic E-state index is 13.6. The van der Waals surface area contributed by atoms with E-state index in [4.69, 9.17) is 14.2 Å². The van der Waals surface area contributed by atoms with E-state index in [1.54, 1.807) is 19.1 Å². The fraction of sp³-hybridized carbons (Fsp3) is 0.312. The molecule has 248 valence electrons. The molecular formula is C32H31F3N4O7S. The first-order chi connectivity index (χ1) is 22.3. The zero-order chi connectivity index (χ0) is 34.0. The Hall–Kier alpha value is -5.05. The van der Waals surface area contributed by atoms with E-state index >= 15 is 0 Å². The lowest BCUT2D eigenvalue weighted by atomic mass is 9.95. The molecule has 3 N–H and O–H groups in total. The monoisotopic (exact) mass is 672 g/mol. The normalized spacial score (nSPS) is 14.6. The van der Waals surface area contributed by atoms with Crippen LogP contribution in [0.1, 0.15) is 37.4 Å². The highest BCUT2D eigenvalue weighted by atomic mass is 32.1. The molecule has 0 spiro atoms. The van der Waals surface area contributed by atoms with Gasteiger partial charge in [0.15, 0.2) is 16.6 Å². The molecular weight excluding hydrogens is 641 g/mol. The lowest BCUT2D eigenvalue weighted by Crippen LogP contribution is -2.33. The zero-order valence-corrected chi connectivity index (χ0v) is 26.8. The number of rotatable bonds is 9. The number of nitrogens with zero attached hydrogens (tertiary/aromatic N) is 1. The molecule has 3 aromatic carbocycles. The van der Waals surface area contributed by atoms with Gasteiger partial charge in [0.2, 0.25) is 23.0 Å². The van der Waals surface area contributed by atoms with Crippen molar-refractivity contribution >= 4 is 44.2 Å². The maximum Gasteiger partial charge on any atom is 0.573 e. The van der Waals surface area contributed by atoms with Crippen LogP contribution in [0.25, 0.3) is 21.3 Å². The van der Waals surface area contributed by atoms with Crippen molar-refractivity contribution in [1.29, 1.82) is 0 Å². The van der Waals surface area contributed by atoms with Crippen LogP contribution in [0.15, 0.2) is 47.3 Å². The summed E-state index contributed by atoms with van der Waals surface area (Å²) in [7, 11) is 4.52. The number of alkyl halides is 3. The van der Waals surface area contributed by atoms with Crippen molar-refractivity contribution in [2.75, 3.05) is 32.0 Å². The number of aromatic nitrogens is 1. The van der Waals surface area contributed by atoms with Crippen LogP contribution in [-0.2, 0) is 16.0 Å². The van der Waals surface area contributed by atoms with Crippen LogP contribution < -0.4 is 40.3 Å². The average Bonchev–Trinajstić information content (AvgIpc) is 3.26. The largest absolute Gasteiger partial charge is 0.573 e. The first kappa shape index (κ1) is 33.3. The first-order valence-electron chi connectivity index (χ1n) is 14.3. The Kier molecular flexibility index (Phi) is 9.47. The van der Waals surface area contributed by atoms with Crippen molar-refractivity contribution in [3.63, 3.8) is 0 Å². The van der Waals surface area contributed by atoms with Gasteiger partial charge in [0, 0.05) is 18.6 Å². The fourth-order valence-corrected chi connectivity index (χ4v) is 6.39. The van der Waals surface area contributed by atoms with Crippen LogP contribution in [0.2, 0.25) is 0 Å². The van der Waals surface area contributed by atoms with Crippen LogP contribution in [0, 0.1) is 0 Å². The van der Waals surface area contributed by atoms with E-state index in [2.05, 4.69) is 25.7 Å². The highest BCUT2D eigenvalue weighted by Gasteiger charge is 2.32. The molecule has 0 unspecified atom stereocenters. The summed E-state index contributed by atoms with van der Waals surface area (Å²) in [5.74, 6) is 0.0321. The average molecular weight is 673 g/mol. The third kappa shape index (κ3) is 7.19. The molecule has 1 aliphatic carbocycles. The highest BCUT2D eigenvalue weighted by molar-refractivity contribution is 7.22. The minimum absolute atomic E-state index is 0.113. The molecule has 0 saturated heterocycles. The molecule has 1 aromatic heterocycles. The molecule has 47 heavy (non-hydrogen) atoms. The first-order valence-corrected chi connectivity index (χ1v) is 15.1. The van der Waals surface area contributed by atoms with Gasteiger partial charge in [0.05, 0.1) is 43.3 Å². The van der Waals surface area contributed by atoms with Gasteiger partial charge >= 0.3 is 6.36 Å². The second kappa shape index (κ2) is 13.4. The van der Waals surface area contributed by atoms with E-state index < -0.39 is 35.5 Å². The third-order valence-electron chi connectivity index (χ3n) is 7.50. The van der Waals surface area contributed by atoms with E-state index in [9.17, 15) is 27.6 Å². The molecule has 0 fully saturated rings. The number of hydrogen-bond donors (Lipinski definition) is 3. The van der Waals surface area contributed by atoms with Gasteiger partial charge in [-0.15, -0.1) is 13.2 Å². The predicted octanol–water partition coefficient (Wildman–Crippen LogP) is 5.81. The van der Waals surface area contributed by atoms with Crippen molar-refractivity contribution in [3.8, 4) is 34.1 Å². The van der Waals surface area contributed by atoms with E-state index in [-0.39, 0.29) is 16.7 Å². The molecule has 0 radical (unpaired) electrons. The molecule has 0 aliphatic heterocycles. The number of benzene rings is 2. The van der Waals surface area contributed by atoms with Gasteiger partial charge in [-0.25, -0.2) is 4.98 Å². The van der Waals surface area contributed by atoms with Gasteiger partial charge in [-0.2, -0.15) is 0 Å². The number of aryl methyl sites for hydroxylation is 1. The Labute approximate surface area is 271 Å². The van der Waals surface area contributed by atoms with Gasteiger partial charge in [-0.3, -0.25) is 14.4 Å². The third-order valence-corrected chi connectivity index (χ3v) is 8.44. The Morgan fingerprint density at radius 1 is 1.02 bits per heavy atom. The Balaban J connectivity index is 1.47. The topological polar surface area (TPSA) is 137 Å². The van der Waals surface area contributed by atoms with Gasteiger partial charge in [0.25, 0.3) is 0 Å². The van der Waals surface area contributed by atoms with Crippen molar-refractivity contribution in [1.82, 2.24) is 10.3 Å². The number of hydrogen-bond acceptors (Lipinski definition) is 10. The van der Waals surface area contributed by atoms with Gasteiger partial charge in [-0.05, 0) is 66.8 Å².